The lowest BCUT2D eigenvalue weighted by Gasteiger charge is -2.17. The van der Waals surface area contributed by atoms with E-state index in [1.165, 1.54) is 0 Å². The smallest absolute Gasteiger partial charge is 0.232 e. The molecule has 2 rings (SSSR count). The molecule has 1 amide bonds. The fraction of sp³-hybridized carbons (Fsp3) is 0.462. The van der Waals surface area contributed by atoms with Gasteiger partial charge in [-0.15, -0.1) is 0 Å². The van der Waals surface area contributed by atoms with Gasteiger partial charge in [-0.05, 0) is 18.1 Å². The SMILES string of the molecule is O=C1CC(CS(=O)(=O)Cl)CN1CCc1cccc(Cl)c1Cl. The van der Waals surface area contributed by atoms with Crippen LogP contribution in [0.1, 0.15) is 12.0 Å². The fourth-order valence-corrected chi connectivity index (χ4v) is 4.20. The van der Waals surface area contributed by atoms with Crippen molar-refractivity contribution in [1.82, 2.24) is 4.90 Å². The Morgan fingerprint density at radius 2 is 2.00 bits per heavy atom. The second-order valence-electron chi connectivity index (χ2n) is 5.08. The number of hydrogen-bond acceptors (Lipinski definition) is 3. The number of carbonyl (C=O) groups is 1. The zero-order chi connectivity index (χ0) is 15.6. The zero-order valence-corrected chi connectivity index (χ0v) is 14.1. The van der Waals surface area contributed by atoms with E-state index < -0.39 is 9.05 Å². The average molecular weight is 371 g/mol. The molecule has 4 nitrogen and oxygen atoms in total. The number of likely N-dealkylation sites (tertiary alicyclic amines) is 1. The van der Waals surface area contributed by atoms with Crippen LogP contribution in [0.3, 0.4) is 0 Å². The van der Waals surface area contributed by atoms with E-state index in [9.17, 15) is 13.2 Å². The van der Waals surface area contributed by atoms with Crippen molar-refractivity contribution < 1.29 is 13.2 Å². The molecule has 116 valence electrons. The van der Waals surface area contributed by atoms with E-state index in [2.05, 4.69) is 0 Å². The number of carbonyl (C=O) groups excluding carboxylic acids is 1. The predicted molar refractivity (Wildman–Crippen MR) is 84.5 cm³/mol. The van der Waals surface area contributed by atoms with Crippen molar-refractivity contribution in [2.45, 2.75) is 12.8 Å². The highest BCUT2D eigenvalue weighted by molar-refractivity contribution is 8.13. The van der Waals surface area contributed by atoms with Crippen molar-refractivity contribution in [2.24, 2.45) is 5.92 Å². The predicted octanol–water partition coefficient (Wildman–Crippen LogP) is 2.95. The monoisotopic (exact) mass is 369 g/mol. The van der Waals surface area contributed by atoms with Crippen LogP contribution in [0.4, 0.5) is 0 Å². The maximum atomic E-state index is 11.9. The molecule has 0 N–H and O–H groups in total. The molecule has 0 spiro atoms. The van der Waals surface area contributed by atoms with Gasteiger partial charge >= 0.3 is 0 Å². The number of amides is 1. The minimum atomic E-state index is -3.58. The Morgan fingerprint density at radius 3 is 2.67 bits per heavy atom. The van der Waals surface area contributed by atoms with E-state index in [0.29, 0.717) is 29.6 Å². The molecule has 1 aliphatic rings. The zero-order valence-electron chi connectivity index (χ0n) is 11.1. The third-order valence-electron chi connectivity index (χ3n) is 3.41. The standard InChI is InChI=1S/C13H14Cl3NO3S/c14-11-3-1-2-10(13(11)15)4-5-17-7-9(6-12(17)18)8-21(16,19)20/h1-3,9H,4-8H2. The van der Waals surface area contributed by atoms with Crippen LogP contribution in [0.5, 0.6) is 0 Å². The maximum absolute atomic E-state index is 11.9. The van der Waals surface area contributed by atoms with Crippen molar-refractivity contribution in [2.75, 3.05) is 18.8 Å². The van der Waals surface area contributed by atoms with Gasteiger partial charge < -0.3 is 4.90 Å². The number of rotatable bonds is 5. The van der Waals surface area contributed by atoms with Crippen LogP contribution >= 0.6 is 33.9 Å². The average Bonchev–Trinajstić information content (AvgIpc) is 2.69. The molecule has 1 aromatic carbocycles. The summed E-state index contributed by atoms with van der Waals surface area (Å²) in [4.78, 5) is 13.5. The topological polar surface area (TPSA) is 54.5 Å². The summed E-state index contributed by atoms with van der Waals surface area (Å²) < 4.78 is 22.1. The van der Waals surface area contributed by atoms with E-state index in [-0.39, 0.29) is 24.0 Å². The molecule has 1 aliphatic heterocycles. The number of nitrogens with zero attached hydrogens (tertiary/aromatic N) is 1. The molecule has 1 atom stereocenters. The van der Waals surface area contributed by atoms with Crippen molar-refractivity contribution in [3.8, 4) is 0 Å². The maximum Gasteiger partial charge on any atom is 0.232 e. The Balaban J connectivity index is 1.95. The molecule has 8 heteroatoms. The highest BCUT2D eigenvalue weighted by atomic mass is 35.7. The summed E-state index contributed by atoms with van der Waals surface area (Å²) in [5, 5.41) is 0.971. The lowest BCUT2D eigenvalue weighted by atomic mass is 10.1. The number of hydrogen-bond donors (Lipinski definition) is 0. The molecule has 0 aromatic heterocycles. The van der Waals surface area contributed by atoms with Crippen molar-refractivity contribution in [3.63, 3.8) is 0 Å². The molecule has 0 aliphatic carbocycles. The molecular weight excluding hydrogens is 357 g/mol. The van der Waals surface area contributed by atoms with Gasteiger partial charge in [0.15, 0.2) is 0 Å². The van der Waals surface area contributed by atoms with Gasteiger partial charge in [-0.1, -0.05) is 35.3 Å². The number of benzene rings is 1. The Morgan fingerprint density at radius 1 is 1.29 bits per heavy atom. The molecular formula is C13H14Cl3NO3S. The van der Waals surface area contributed by atoms with E-state index in [1.807, 2.05) is 6.07 Å². The van der Waals surface area contributed by atoms with Gasteiger partial charge in [0.2, 0.25) is 15.0 Å². The molecule has 1 fully saturated rings. The van der Waals surface area contributed by atoms with Crippen LogP contribution in [0.15, 0.2) is 18.2 Å². The molecule has 1 unspecified atom stereocenters. The largest absolute Gasteiger partial charge is 0.342 e. The van der Waals surface area contributed by atoms with Crippen LogP contribution < -0.4 is 0 Å². The minimum absolute atomic E-state index is 0.0570. The first-order valence-electron chi connectivity index (χ1n) is 6.39. The lowest BCUT2D eigenvalue weighted by Crippen LogP contribution is -2.28. The molecule has 1 saturated heterocycles. The Kier molecular flexibility index (Phi) is 5.41. The van der Waals surface area contributed by atoms with Crippen LogP contribution in [0.2, 0.25) is 10.0 Å². The third kappa shape index (κ3) is 4.74. The van der Waals surface area contributed by atoms with E-state index in [4.69, 9.17) is 33.9 Å². The Labute approximate surface area is 138 Å². The third-order valence-corrected chi connectivity index (χ3v) is 5.52. The summed E-state index contributed by atoms with van der Waals surface area (Å²) in [6.07, 6.45) is 0.792. The first-order valence-corrected chi connectivity index (χ1v) is 9.62. The van der Waals surface area contributed by atoms with E-state index in [0.717, 1.165) is 5.56 Å². The summed E-state index contributed by atoms with van der Waals surface area (Å²) in [5.41, 5.74) is 0.866. The van der Waals surface area contributed by atoms with Gasteiger partial charge in [0, 0.05) is 36.1 Å². The van der Waals surface area contributed by atoms with Gasteiger partial charge in [-0.3, -0.25) is 4.79 Å². The normalized spacial score (nSPS) is 19.3. The molecule has 1 aromatic rings. The first-order chi connectivity index (χ1) is 9.76. The van der Waals surface area contributed by atoms with Crippen molar-refractivity contribution in [3.05, 3.63) is 33.8 Å². The quantitative estimate of drug-likeness (QED) is 0.749. The van der Waals surface area contributed by atoms with Gasteiger partial charge in [0.25, 0.3) is 0 Å². The summed E-state index contributed by atoms with van der Waals surface area (Å²) in [7, 11) is 1.65. The summed E-state index contributed by atoms with van der Waals surface area (Å²) in [5.74, 6) is -0.470. The minimum Gasteiger partial charge on any atom is -0.342 e. The summed E-state index contributed by atoms with van der Waals surface area (Å²) >= 11 is 12.0. The highest BCUT2D eigenvalue weighted by Crippen LogP contribution is 2.27. The second-order valence-corrected chi connectivity index (χ2v) is 8.69. The molecule has 0 saturated carbocycles. The first kappa shape index (κ1) is 16.9. The van der Waals surface area contributed by atoms with Gasteiger partial charge in [0.1, 0.15) is 0 Å². The summed E-state index contributed by atoms with van der Waals surface area (Å²) in [6.45, 7) is 0.890. The van der Waals surface area contributed by atoms with E-state index in [1.54, 1.807) is 17.0 Å². The van der Waals surface area contributed by atoms with Crippen molar-refractivity contribution in [1.29, 1.82) is 0 Å². The number of halogens is 3. The lowest BCUT2D eigenvalue weighted by molar-refractivity contribution is -0.127. The van der Waals surface area contributed by atoms with E-state index >= 15 is 0 Å². The van der Waals surface area contributed by atoms with Crippen LogP contribution in [-0.4, -0.2) is 38.1 Å². The van der Waals surface area contributed by atoms with Crippen LogP contribution in [0.25, 0.3) is 0 Å². The van der Waals surface area contributed by atoms with Gasteiger partial charge in [-0.2, -0.15) is 0 Å². The summed E-state index contributed by atoms with van der Waals surface area (Å²) in [6, 6.07) is 5.36. The Bertz CT molecular complexity index is 648. The molecule has 0 radical (unpaired) electrons. The highest BCUT2D eigenvalue weighted by Gasteiger charge is 2.32. The van der Waals surface area contributed by atoms with Gasteiger partial charge in [0.05, 0.1) is 15.8 Å². The fourth-order valence-electron chi connectivity index (χ4n) is 2.46. The van der Waals surface area contributed by atoms with Crippen molar-refractivity contribution >= 4 is 48.8 Å². The van der Waals surface area contributed by atoms with Crippen LogP contribution in [0, 0.1) is 5.92 Å². The molecule has 0 bridgehead atoms. The second kappa shape index (κ2) is 6.73. The molecule has 21 heavy (non-hydrogen) atoms. The Hall–Kier alpha value is -0.490. The molecule has 1 heterocycles. The van der Waals surface area contributed by atoms with Crippen LogP contribution in [-0.2, 0) is 20.3 Å². The van der Waals surface area contributed by atoms with Gasteiger partial charge in [-0.25, -0.2) is 8.42 Å².